The summed E-state index contributed by atoms with van der Waals surface area (Å²) < 4.78 is 5.78. The van der Waals surface area contributed by atoms with Crippen molar-refractivity contribution in [1.29, 1.82) is 5.26 Å². The molecule has 7 nitrogen and oxygen atoms in total. The average Bonchev–Trinajstić information content (AvgIpc) is 2.84. The number of nitriles is 1. The molecule has 2 heterocycles. The smallest absolute Gasteiger partial charge is 0.321 e. The molecule has 1 aliphatic rings. The van der Waals surface area contributed by atoms with Gasteiger partial charge in [0.15, 0.2) is 0 Å². The molecule has 0 radical (unpaired) electrons. The number of carbonyl (C=O) groups excluding carboxylic acids is 1. The summed E-state index contributed by atoms with van der Waals surface area (Å²) >= 11 is 0. The number of anilines is 2. The number of urea groups is 1. The molecule has 1 aliphatic heterocycles. The quantitative estimate of drug-likeness (QED) is 0.686. The molecule has 0 unspecified atom stereocenters. The third-order valence-corrected chi connectivity index (χ3v) is 5.13. The number of hydrogen-bond donors (Lipinski definition) is 1. The molecule has 4 rings (SSSR count). The largest absolute Gasteiger partial charge is 0.489 e. The SMILES string of the molecule is N#Cc1cccnc1N1CCN(C(=O)Nc2ccc(OCc3ccccc3)cc2)CC1. The lowest BCUT2D eigenvalue weighted by molar-refractivity contribution is 0.208. The summed E-state index contributed by atoms with van der Waals surface area (Å²) in [7, 11) is 0. The number of ether oxygens (including phenoxy) is 1. The number of benzene rings is 2. The highest BCUT2D eigenvalue weighted by Crippen LogP contribution is 2.20. The van der Waals surface area contributed by atoms with Gasteiger partial charge in [0.1, 0.15) is 24.2 Å². The standard InChI is InChI=1S/C24H23N5O2/c25-17-20-7-4-12-26-23(20)28-13-15-29(16-14-28)24(30)27-21-8-10-22(11-9-21)31-18-19-5-2-1-3-6-19/h1-12H,13-16,18H2,(H,27,30). The van der Waals surface area contributed by atoms with Gasteiger partial charge in [0.05, 0.1) is 5.56 Å². The van der Waals surface area contributed by atoms with Gasteiger partial charge in [0.25, 0.3) is 0 Å². The minimum atomic E-state index is -0.140. The Balaban J connectivity index is 1.27. The zero-order chi connectivity index (χ0) is 21.5. The van der Waals surface area contributed by atoms with Gasteiger partial charge in [-0.15, -0.1) is 0 Å². The highest BCUT2D eigenvalue weighted by atomic mass is 16.5. The van der Waals surface area contributed by atoms with Gasteiger partial charge in [0.2, 0.25) is 0 Å². The van der Waals surface area contributed by atoms with E-state index in [1.54, 1.807) is 23.2 Å². The van der Waals surface area contributed by atoms with Gasteiger partial charge in [-0.1, -0.05) is 30.3 Å². The molecule has 0 bridgehead atoms. The van der Waals surface area contributed by atoms with E-state index in [0.717, 1.165) is 17.0 Å². The van der Waals surface area contributed by atoms with Crippen LogP contribution in [0.4, 0.5) is 16.3 Å². The van der Waals surface area contributed by atoms with Gasteiger partial charge in [-0.25, -0.2) is 9.78 Å². The maximum absolute atomic E-state index is 12.6. The molecule has 0 spiro atoms. The zero-order valence-corrected chi connectivity index (χ0v) is 17.1. The van der Waals surface area contributed by atoms with Crippen LogP contribution in [0.5, 0.6) is 5.75 Å². The summed E-state index contributed by atoms with van der Waals surface area (Å²) in [5, 5.41) is 12.2. The van der Waals surface area contributed by atoms with Gasteiger partial charge in [-0.2, -0.15) is 5.26 Å². The Hall–Kier alpha value is -4.05. The van der Waals surface area contributed by atoms with Crippen molar-refractivity contribution in [1.82, 2.24) is 9.88 Å². The van der Waals surface area contributed by atoms with Crippen LogP contribution in [0.15, 0.2) is 72.9 Å². The second kappa shape index (κ2) is 9.63. The lowest BCUT2D eigenvalue weighted by atomic mass is 10.2. The van der Waals surface area contributed by atoms with Crippen molar-refractivity contribution < 1.29 is 9.53 Å². The normalized spacial score (nSPS) is 13.4. The minimum Gasteiger partial charge on any atom is -0.489 e. The number of pyridine rings is 1. The third-order valence-electron chi connectivity index (χ3n) is 5.13. The maximum atomic E-state index is 12.6. The number of amides is 2. The Morgan fingerprint density at radius 3 is 2.45 bits per heavy atom. The van der Waals surface area contributed by atoms with Crippen molar-refractivity contribution >= 4 is 17.5 Å². The van der Waals surface area contributed by atoms with Crippen molar-refractivity contribution in [3.05, 3.63) is 84.1 Å². The van der Waals surface area contributed by atoms with Crippen LogP contribution in [0.1, 0.15) is 11.1 Å². The summed E-state index contributed by atoms with van der Waals surface area (Å²) in [5.74, 6) is 1.43. The Bertz CT molecular complexity index is 1060. The molecular weight excluding hydrogens is 390 g/mol. The fourth-order valence-electron chi connectivity index (χ4n) is 3.44. The Kier molecular flexibility index (Phi) is 6.29. The second-order valence-corrected chi connectivity index (χ2v) is 7.19. The number of piperazine rings is 1. The maximum Gasteiger partial charge on any atom is 0.321 e. The van der Waals surface area contributed by atoms with E-state index < -0.39 is 0 Å². The van der Waals surface area contributed by atoms with Crippen LogP contribution >= 0.6 is 0 Å². The first-order valence-electron chi connectivity index (χ1n) is 10.2. The number of hydrogen-bond acceptors (Lipinski definition) is 5. The van der Waals surface area contributed by atoms with E-state index in [0.29, 0.717) is 44.2 Å². The summed E-state index contributed by atoms with van der Waals surface area (Å²) in [4.78, 5) is 20.8. The number of aromatic nitrogens is 1. The monoisotopic (exact) mass is 413 g/mol. The van der Waals surface area contributed by atoms with Crippen LogP contribution in [0.3, 0.4) is 0 Å². The predicted octanol–water partition coefficient (Wildman–Crippen LogP) is 3.89. The van der Waals surface area contributed by atoms with E-state index in [2.05, 4.69) is 16.4 Å². The molecule has 31 heavy (non-hydrogen) atoms. The number of rotatable bonds is 5. The average molecular weight is 413 g/mol. The van der Waals surface area contributed by atoms with Gasteiger partial charge in [-0.05, 0) is 42.0 Å². The van der Waals surface area contributed by atoms with Crippen molar-refractivity contribution in [2.45, 2.75) is 6.61 Å². The van der Waals surface area contributed by atoms with Crippen LogP contribution in [-0.4, -0.2) is 42.1 Å². The van der Waals surface area contributed by atoms with Crippen LogP contribution < -0.4 is 15.0 Å². The first kappa shape index (κ1) is 20.2. The fourth-order valence-corrected chi connectivity index (χ4v) is 3.44. The molecule has 0 aliphatic carbocycles. The fraction of sp³-hybridized carbons (Fsp3) is 0.208. The highest BCUT2D eigenvalue weighted by molar-refractivity contribution is 5.89. The topological polar surface area (TPSA) is 81.5 Å². The van der Waals surface area contributed by atoms with Gasteiger partial charge in [0, 0.05) is 38.1 Å². The molecule has 0 saturated carbocycles. The summed E-state index contributed by atoms with van der Waals surface area (Å²) in [5.41, 5.74) is 2.37. The molecule has 1 saturated heterocycles. The van der Waals surface area contributed by atoms with Crippen LogP contribution in [0, 0.1) is 11.3 Å². The zero-order valence-electron chi connectivity index (χ0n) is 17.1. The Morgan fingerprint density at radius 2 is 1.74 bits per heavy atom. The molecule has 1 N–H and O–H groups in total. The molecule has 7 heteroatoms. The molecular formula is C24H23N5O2. The van der Waals surface area contributed by atoms with Crippen molar-refractivity contribution in [3.63, 3.8) is 0 Å². The number of nitrogens with zero attached hydrogens (tertiary/aromatic N) is 4. The second-order valence-electron chi connectivity index (χ2n) is 7.19. The van der Waals surface area contributed by atoms with E-state index in [4.69, 9.17) is 4.74 Å². The highest BCUT2D eigenvalue weighted by Gasteiger charge is 2.23. The predicted molar refractivity (Wildman–Crippen MR) is 119 cm³/mol. The van der Waals surface area contributed by atoms with Crippen molar-refractivity contribution in [2.24, 2.45) is 0 Å². The van der Waals surface area contributed by atoms with Gasteiger partial charge in [-0.3, -0.25) is 0 Å². The number of carbonyl (C=O) groups is 1. The summed E-state index contributed by atoms with van der Waals surface area (Å²) in [6, 6.07) is 22.9. The van der Waals surface area contributed by atoms with Crippen LogP contribution in [0.25, 0.3) is 0 Å². The Labute approximate surface area is 181 Å². The van der Waals surface area contributed by atoms with Crippen LogP contribution in [0.2, 0.25) is 0 Å². The molecule has 1 fully saturated rings. The first-order chi connectivity index (χ1) is 15.2. The molecule has 0 atom stereocenters. The lowest BCUT2D eigenvalue weighted by Crippen LogP contribution is -2.50. The summed E-state index contributed by atoms with van der Waals surface area (Å²) in [6.45, 7) is 2.88. The van der Waals surface area contributed by atoms with E-state index in [1.807, 2.05) is 59.5 Å². The van der Waals surface area contributed by atoms with E-state index in [1.165, 1.54) is 0 Å². The van der Waals surface area contributed by atoms with E-state index in [9.17, 15) is 10.1 Å². The minimum absolute atomic E-state index is 0.140. The first-order valence-corrected chi connectivity index (χ1v) is 10.2. The van der Waals surface area contributed by atoms with E-state index >= 15 is 0 Å². The molecule has 1 aromatic heterocycles. The van der Waals surface area contributed by atoms with Gasteiger partial charge < -0.3 is 19.9 Å². The lowest BCUT2D eigenvalue weighted by Gasteiger charge is -2.35. The van der Waals surface area contributed by atoms with Crippen molar-refractivity contribution in [2.75, 3.05) is 36.4 Å². The van der Waals surface area contributed by atoms with Crippen LogP contribution in [-0.2, 0) is 6.61 Å². The number of nitrogens with one attached hydrogen (secondary N) is 1. The third kappa shape index (κ3) is 5.11. The van der Waals surface area contributed by atoms with E-state index in [-0.39, 0.29) is 6.03 Å². The molecule has 2 aromatic carbocycles. The summed E-state index contributed by atoms with van der Waals surface area (Å²) in [6.07, 6.45) is 1.68. The Morgan fingerprint density at radius 1 is 1.00 bits per heavy atom. The van der Waals surface area contributed by atoms with Crippen molar-refractivity contribution in [3.8, 4) is 11.8 Å². The van der Waals surface area contributed by atoms with Gasteiger partial charge >= 0.3 is 6.03 Å². The molecule has 156 valence electrons. The molecule has 2 amide bonds. The molecule has 3 aromatic rings.